The van der Waals surface area contributed by atoms with Crippen molar-refractivity contribution in [2.75, 3.05) is 33.0 Å². The van der Waals surface area contributed by atoms with Gasteiger partial charge in [0.1, 0.15) is 0 Å². The number of nitrogens with zero attached hydrogens (tertiary/aromatic N) is 4. The normalized spacial score (nSPS) is 21.6. The number of halogens is 1. The third-order valence-electron chi connectivity index (χ3n) is 7.42. The van der Waals surface area contributed by atoms with Gasteiger partial charge in [-0.15, -0.1) is 0 Å². The van der Waals surface area contributed by atoms with E-state index in [9.17, 15) is 4.79 Å². The molecule has 1 atom stereocenters. The number of nitrogens with one attached hydrogen (secondary N) is 1. The standard InChI is InChI=1S/C28H38ClN5O2/c1-4-24-7-5-6-12-34(24)20(2)17-33-18-22-9-8-21(15-25(22)28(33)35)27(30-3)26(29)16-31-19-32-23-10-13-36-14-11-23/h8-9,15-16,23-24,32H,2-7,10-14,17-19H2,1H3/b27-26+,31-16?. The van der Waals surface area contributed by atoms with E-state index < -0.39 is 0 Å². The van der Waals surface area contributed by atoms with Crippen molar-refractivity contribution in [1.29, 1.82) is 0 Å². The van der Waals surface area contributed by atoms with Crippen molar-refractivity contribution >= 4 is 36.1 Å². The van der Waals surface area contributed by atoms with Crippen LogP contribution in [0.1, 0.15) is 66.9 Å². The van der Waals surface area contributed by atoms with Crippen LogP contribution in [0.4, 0.5) is 0 Å². The second-order valence-electron chi connectivity index (χ2n) is 9.77. The third-order valence-corrected chi connectivity index (χ3v) is 7.70. The summed E-state index contributed by atoms with van der Waals surface area (Å²) in [5, 5.41) is 3.79. The Labute approximate surface area is 220 Å². The minimum Gasteiger partial charge on any atom is -0.381 e. The summed E-state index contributed by atoms with van der Waals surface area (Å²) in [5.74, 6) is 0.0203. The molecular formula is C28H38ClN5O2. The number of rotatable bonds is 10. The molecule has 3 heterocycles. The van der Waals surface area contributed by atoms with Crippen LogP contribution >= 0.6 is 11.6 Å². The fourth-order valence-corrected chi connectivity index (χ4v) is 5.60. The highest BCUT2D eigenvalue weighted by Crippen LogP contribution is 2.30. The molecule has 0 radical (unpaired) electrons. The summed E-state index contributed by atoms with van der Waals surface area (Å²) in [5.41, 5.74) is 4.01. The second kappa shape index (κ2) is 12.7. The minimum absolute atomic E-state index is 0.0203. The minimum atomic E-state index is 0.0203. The SMILES string of the molecule is C=N/C(=C(/Cl)C=NCNC1CCOCC1)c1ccc2c(c1)C(=O)N(CC(=C)N1CCCCC1CC)C2. The third kappa shape index (κ3) is 6.25. The molecule has 0 bridgehead atoms. The van der Waals surface area contributed by atoms with E-state index in [0.717, 1.165) is 55.8 Å². The van der Waals surface area contributed by atoms with Crippen LogP contribution in [-0.4, -0.2) is 73.7 Å². The van der Waals surface area contributed by atoms with Crippen LogP contribution < -0.4 is 5.32 Å². The van der Waals surface area contributed by atoms with Crippen molar-refractivity contribution in [3.8, 4) is 0 Å². The first-order valence-corrected chi connectivity index (χ1v) is 13.4. The van der Waals surface area contributed by atoms with E-state index in [4.69, 9.17) is 16.3 Å². The molecule has 7 nitrogen and oxygen atoms in total. The van der Waals surface area contributed by atoms with E-state index in [2.05, 4.69) is 40.4 Å². The Balaban J connectivity index is 1.41. The number of ether oxygens (including phenoxy) is 1. The first-order valence-electron chi connectivity index (χ1n) is 13.1. The number of hydrogen-bond donors (Lipinski definition) is 1. The Morgan fingerprint density at radius 3 is 2.83 bits per heavy atom. The molecule has 1 unspecified atom stereocenters. The summed E-state index contributed by atoms with van der Waals surface area (Å²) < 4.78 is 5.38. The summed E-state index contributed by atoms with van der Waals surface area (Å²) in [6, 6.07) is 6.75. The molecule has 2 fully saturated rings. The lowest BCUT2D eigenvalue weighted by molar-refractivity contribution is 0.0767. The number of piperidine rings is 1. The van der Waals surface area contributed by atoms with E-state index in [0.29, 0.717) is 48.1 Å². The molecular weight excluding hydrogens is 474 g/mol. The number of benzene rings is 1. The van der Waals surface area contributed by atoms with Crippen LogP contribution in [0.25, 0.3) is 5.70 Å². The van der Waals surface area contributed by atoms with Crippen molar-refractivity contribution in [3.05, 3.63) is 52.2 Å². The summed E-state index contributed by atoms with van der Waals surface area (Å²) in [6.07, 6.45) is 8.35. The van der Waals surface area contributed by atoms with Gasteiger partial charge in [0.25, 0.3) is 5.91 Å². The first-order chi connectivity index (χ1) is 17.5. The Morgan fingerprint density at radius 2 is 2.08 bits per heavy atom. The number of allylic oxidation sites excluding steroid dienone is 1. The average molecular weight is 512 g/mol. The highest BCUT2D eigenvalue weighted by atomic mass is 35.5. The largest absolute Gasteiger partial charge is 0.381 e. The summed E-state index contributed by atoms with van der Waals surface area (Å²) >= 11 is 6.54. The Bertz CT molecular complexity index is 1030. The van der Waals surface area contributed by atoms with Crippen molar-refractivity contribution in [3.63, 3.8) is 0 Å². The molecule has 1 N–H and O–H groups in total. The van der Waals surface area contributed by atoms with E-state index in [1.54, 1.807) is 6.21 Å². The van der Waals surface area contributed by atoms with Gasteiger partial charge in [-0.3, -0.25) is 20.1 Å². The number of aliphatic imine (C=N–C) groups is 2. The summed E-state index contributed by atoms with van der Waals surface area (Å²) in [4.78, 5) is 26.1. The van der Waals surface area contributed by atoms with Crippen LogP contribution in [0.2, 0.25) is 0 Å². The monoisotopic (exact) mass is 511 g/mol. The molecule has 194 valence electrons. The van der Waals surface area contributed by atoms with Crippen molar-refractivity contribution in [2.45, 2.75) is 64.1 Å². The van der Waals surface area contributed by atoms with Crippen LogP contribution in [0.5, 0.6) is 0 Å². The number of carbonyl (C=O) groups is 1. The molecule has 0 spiro atoms. The van der Waals surface area contributed by atoms with Gasteiger partial charge in [0, 0.05) is 61.4 Å². The van der Waals surface area contributed by atoms with Crippen molar-refractivity contribution in [2.24, 2.45) is 9.98 Å². The maximum absolute atomic E-state index is 13.3. The van der Waals surface area contributed by atoms with Gasteiger partial charge < -0.3 is 14.5 Å². The van der Waals surface area contributed by atoms with Gasteiger partial charge in [0.15, 0.2) is 0 Å². The fourth-order valence-electron chi connectivity index (χ4n) is 5.36. The van der Waals surface area contributed by atoms with E-state index >= 15 is 0 Å². The topological polar surface area (TPSA) is 69.5 Å². The van der Waals surface area contributed by atoms with Gasteiger partial charge in [-0.05, 0) is 56.9 Å². The van der Waals surface area contributed by atoms with Crippen LogP contribution in [0, 0.1) is 0 Å². The molecule has 2 saturated heterocycles. The summed E-state index contributed by atoms with van der Waals surface area (Å²) in [7, 11) is 0. The predicted molar refractivity (Wildman–Crippen MR) is 148 cm³/mol. The highest BCUT2D eigenvalue weighted by Gasteiger charge is 2.30. The van der Waals surface area contributed by atoms with Crippen LogP contribution in [0.3, 0.4) is 0 Å². The van der Waals surface area contributed by atoms with Crippen molar-refractivity contribution < 1.29 is 9.53 Å². The van der Waals surface area contributed by atoms with Crippen molar-refractivity contribution in [1.82, 2.24) is 15.1 Å². The van der Waals surface area contributed by atoms with Gasteiger partial charge in [0.05, 0.1) is 23.9 Å². The van der Waals surface area contributed by atoms with E-state index in [1.165, 1.54) is 19.3 Å². The maximum Gasteiger partial charge on any atom is 0.254 e. The number of carbonyl (C=O) groups excluding carboxylic acids is 1. The first kappa shape index (κ1) is 26.6. The molecule has 4 rings (SSSR count). The molecule has 0 saturated carbocycles. The maximum atomic E-state index is 13.3. The molecule has 0 aliphatic carbocycles. The lowest BCUT2D eigenvalue weighted by Crippen LogP contribution is -2.41. The van der Waals surface area contributed by atoms with Gasteiger partial charge >= 0.3 is 0 Å². The zero-order chi connectivity index (χ0) is 25.5. The number of likely N-dealkylation sites (tertiary alicyclic amines) is 1. The van der Waals surface area contributed by atoms with Crippen LogP contribution in [0.15, 0.2) is 45.5 Å². The second-order valence-corrected chi connectivity index (χ2v) is 10.2. The number of hydrogen-bond acceptors (Lipinski definition) is 6. The van der Waals surface area contributed by atoms with E-state index in [-0.39, 0.29) is 5.91 Å². The molecule has 3 aliphatic rings. The Kier molecular flexibility index (Phi) is 9.35. The zero-order valence-corrected chi connectivity index (χ0v) is 22.1. The Morgan fingerprint density at radius 1 is 1.28 bits per heavy atom. The zero-order valence-electron chi connectivity index (χ0n) is 21.3. The predicted octanol–water partition coefficient (Wildman–Crippen LogP) is 4.83. The van der Waals surface area contributed by atoms with E-state index in [1.807, 2.05) is 23.1 Å². The van der Waals surface area contributed by atoms with Crippen LogP contribution in [-0.2, 0) is 11.3 Å². The molecule has 1 aromatic rings. The lowest BCUT2D eigenvalue weighted by Gasteiger charge is -2.39. The summed E-state index contributed by atoms with van der Waals surface area (Å²) in [6.45, 7) is 14.5. The average Bonchev–Trinajstić information content (AvgIpc) is 3.22. The van der Waals surface area contributed by atoms with Gasteiger partial charge in [-0.25, -0.2) is 0 Å². The Hall–Kier alpha value is -2.48. The molecule has 1 amide bonds. The fraction of sp³-hybridized carbons (Fsp3) is 0.536. The molecule has 1 aromatic carbocycles. The molecule has 8 heteroatoms. The quantitative estimate of drug-likeness (QED) is 0.457. The molecule has 36 heavy (non-hydrogen) atoms. The lowest BCUT2D eigenvalue weighted by atomic mass is 9.99. The van der Waals surface area contributed by atoms with Gasteiger partial charge in [0.2, 0.25) is 0 Å². The number of amides is 1. The highest BCUT2D eigenvalue weighted by molar-refractivity contribution is 6.42. The smallest absolute Gasteiger partial charge is 0.254 e. The van der Waals surface area contributed by atoms with Gasteiger partial charge in [-0.2, -0.15) is 0 Å². The van der Waals surface area contributed by atoms with Gasteiger partial charge in [-0.1, -0.05) is 37.2 Å². The molecule has 0 aromatic heterocycles. The molecule has 3 aliphatic heterocycles. The number of fused-ring (bicyclic) bond motifs is 1.